The SMILES string of the molecule is CCOC1CC(NCC(c2cccs2)N(C)C)C1OC. The van der Waals surface area contributed by atoms with Crippen LogP contribution in [0.5, 0.6) is 0 Å². The van der Waals surface area contributed by atoms with Crippen LogP contribution in [0.1, 0.15) is 24.3 Å². The maximum absolute atomic E-state index is 5.66. The summed E-state index contributed by atoms with van der Waals surface area (Å²) in [6.45, 7) is 3.73. The van der Waals surface area contributed by atoms with Crippen LogP contribution < -0.4 is 5.32 Å². The van der Waals surface area contributed by atoms with E-state index in [1.54, 1.807) is 7.11 Å². The van der Waals surface area contributed by atoms with Gasteiger partial charge in [0.15, 0.2) is 0 Å². The van der Waals surface area contributed by atoms with Crippen LogP contribution in [0.25, 0.3) is 0 Å². The lowest BCUT2D eigenvalue weighted by Crippen LogP contribution is -2.60. The number of nitrogens with zero attached hydrogens (tertiary/aromatic N) is 1. The van der Waals surface area contributed by atoms with E-state index in [-0.39, 0.29) is 12.2 Å². The molecule has 0 aliphatic heterocycles. The highest BCUT2D eigenvalue weighted by molar-refractivity contribution is 7.10. The van der Waals surface area contributed by atoms with Crippen molar-refractivity contribution in [1.82, 2.24) is 10.2 Å². The quantitative estimate of drug-likeness (QED) is 0.797. The molecule has 1 saturated carbocycles. The number of ether oxygens (including phenoxy) is 2. The highest BCUT2D eigenvalue weighted by Gasteiger charge is 2.42. The van der Waals surface area contributed by atoms with Crippen molar-refractivity contribution in [2.45, 2.75) is 37.6 Å². The van der Waals surface area contributed by atoms with Gasteiger partial charge in [-0.05, 0) is 38.9 Å². The molecule has 0 saturated heterocycles. The second-order valence-corrected chi connectivity index (χ2v) is 6.42. The first-order valence-electron chi connectivity index (χ1n) is 7.25. The minimum absolute atomic E-state index is 0.182. The van der Waals surface area contributed by atoms with Gasteiger partial charge in [0.1, 0.15) is 0 Å². The molecular weight excluding hydrogens is 272 g/mol. The Hall–Kier alpha value is -0.460. The monoisotopic (exact) mass is 298 g/mol. The smallest absolute Gasteiger partial charge is 0.0986 e. The molecule has 0 spiro atoms. The van der Waals surface area contributed by atoms with Gasteiger partial charge in [-0.15, -0.1) is 11.3 Å². The van der Waals surface area contributed by atoms with Crippen LogP contribution in [0.3, 0.4) is 0 Å². The summed E-state index contributed by atoms with van der Waals surface area (Å²) in [5.74, 6) is 0. The molecule has 1 aromatic rings. The summed E-state index contributed by atoms with van der Waals surface area (Å²) in [6, 6.07) is 5.13. The Labute approximate surface area is 126 Å². The van der Waals surface area contributed by atoms with Gasteiger partial charge in [0, 0.05) is 31.2 Å². The van der Waals surface area contributed by atoms with E-state index in [0.29, 0.717) is 12.1 Å². The van der Waals surface area contributed by atoms with E-state index in [0.717, 1.165) is 19.6 Å². The first-order chi connectivity index (χ1) is 9.67. The molecule has 5 heteroatoms. The Morgan fingerprint density at radius 3 is 2.85 bits per heavy atom. The van der Waals surface area contributed by atoms with Gasteiger partial charge < -0.3 is 19.7 Å². The lowest BCUT2D eigenvalue weighted by Gasteiger charge is -2.44. The molecule has 1 N–H and O–H groups in total. The zero-order valence-electron chi connectivity index (χ0n) is 12.8. The normalized spacial score (nSPS) is 27.6. The fourth-order valence-electron chi connectivity index (χ4n) is 2.76. The summed E-state index contributed by atoms with van der Waals surface area (Å²) in [6.07, 6.45) is 1.47. The van der Waals surface area contributed by atoms with E-state index in [2.05, 4.69) is 41.8 Å². The molecule has 0 radical (unpaired) electrons. The molecule has 114 valence electrons. The summed E-state index contributed by atoms with van der Waals surface area (Å²) in [5.41, 5.74) is 0. The van der Waals surface area contributed by atoms with Crippen molar-refractivity contribution in [3.63, 3.8) is 0 Å². The third kappa shape index (κ3) is 3.59. The van der Waals surface area contributed by atoms with E-state index in [1.807, 2.05) is 18.3 Å². The van der Waals surface area contributed by atoms with Gasteiger partial charge in [-0.3, -0.25) is 0 Å². The third-order valence-electron chi connectivity index (χ3n) is 3.97. The molecule has 1 aromatic heterocycles. The summed E-state index contributed by atoms with van der Waals surface area (Å²) in [7, 11) is 6.03. The van der Waals surface area contributed by atoms with E-state index >= 15 is 0 Å². The lowest BCUT2D eigenvalue weighted by atomic mass is 9.85. The van der Waals surface area contributed by atoms with E-state index < -0.39 is 0 Å². The van der Waals surface area contributed by atoms with Gasteiger partial charge in [0.05, 0.1) is 18.2 Å². The average molecular weight is 298 g/mol. The topological polar surface area (TPSA) is 33.7 Å². The Morgan fingerprint density at radius 2 is 2.30 bits per heavy atom. The number of rotatable bonds is 8. The molecule has 0 amide bonds. The van der Waals surface area contributed by atoms with E-state index in [9.17, 15) is 0 Å². The molecule has 0 aromatic carbocycles. The minimum atomic E-state index is 0.182. The van der Waals surface area contributed by atoms with Crippen molar-refractivity contribution >= 4 is 11.3 Å². The Morgan fingerprint density at radius 1 is 1.50 bits per heavy atom. The molecular formula is C15H26N2O2S. The van der Waals surface area contributed by atoms with Crippen LogP contribution in [0.15, 0.2) is 17.5 Å². The second kappa shape index (κ2) is 7.52. The Balaban J connectivity index is 1.85. The van der Waals surface area contributed by atoms with E-state index in [4.69, 9.17) is 9.47 Å². The predicted molar refractivity (Wildman–Crippen MR) is 83.4 cm³/mol. The maximum atomic E-state index is 5.66. The van der Waals surface area contributed by atoms with Gasteiger partial charge in [0.25, 0.3) is 0 Å². The Bertz CT molecular complexity index is 383. The number of likely N-dealkylation sites (N-methyl/N-ethyl adjacent to an activating group) is 1. The fraction of sp³-hybridized carbons (Fsp3) is 0.733. The van der Waals surface area contributed by atoms with Crippen molar-refractivity contribution in [1.29, 1.82) is 0 Å². The number of hydrogen-bond acceptors (Lipinski definition) is 5. The zero-order chi connectivity index (χ0) is 14.5. The van der Waals surface area contributed by atoms with E-state index in [1.165, 1.54) is 4.88 Å². The summed E-state index contributed by atoms with van der Waals surface area (Å²) < 4.78 is 11.2. The van der Waals surface area contributed by atoms with Crippen molar-refractivity contribution < 1.29 is 9.47 Å². The zero-order valence-corrected chi connectivity index (χ0v) is 13.7. The predicted octanol–water partition coefficient (Wildman–Crippen LogP) is 2.13. The number of hydrogen-bond donors (Lipinski definition) is 1. The summed E-state index contributed by atoms with van der Waals surface area (Å²) >= 11 is 1.81. The number of nitrogens with one attached hydrogen (secondary N) is 1. The molecule has 1 aliphatic carbocycles. The summed E-state index contributed by atoms with van der Waals surface area (Å²) in [5, 5.41) is 5.78. The van der Waals surface area contributed by atoms with Gasteiger partial charge in [-0.2, -0.15) is 0 Å². The molecule has 2 rings (SSSR count). The molecule has 1 fully saturated rings. The van der Waals surface area contributed by atoms with Crippen LogP contribution >= 0.6 is 11.3 Å². The van der Waals surface area contributed by atoms with Gasteiger partial charge in [-0.1, -0.05) is 6.07 Å². The molecule has 4 unspecified atom stereocenters. The number of thiophene rings is 1. The van der Waals surface area contributed by atoms with Crippen LogP contribution in [-0.4, -0.2) is 57.5 Å². The molecule has 4 atom stereocenters. The summed E-state index contributed by atoms with van der Waals surface area (Å²) in [4.78, 5) is 3.66. The van der Waals surface area contributed by atoms with Crippen LogP contribution in [0.2, 0.25) is 0 Å². The molecule has 0 bridgehead atoms. The second-order valence-electron chi connectivity index (χ2n) is 5.44. The first-order valence-corrected chi connectivity index (χ1v) is 8.13. The van der Waals surface area contributed by atoms with Crippen molar-refractivity contribution in [2.24, 2.45) is 0 Å². The van der Waals surface area contributed by atoms with Crippen LogP contribution in [0.4, 0.5) is 0 Å². The largest absolute Gasteiger partial charge is 0.377 e. The molecule has 1 aliphatic rings. The van der Waals surface area contributed by atoms with Crippen LogP contribution in [-0.2, 0) is 9.47 Å². The van der Waals surface area contributed by atoms with Crippen molar-refractivity contribution in [3.05, 3.63) is 22.4 Å². The Kier molecular flexibility index (Phi) is 5.99. The third-order valence-corrected chi connectivity index (χ3v) is 4.94. The molecule has 1 heterocycles. The fourth-order valence-corrected chi connectivity index (χ4v) is 3.68. The lowest BCUT2D eigenvalue weighted by molar-refractivity contribution is -0.131. The molecule has 20 heavy (non-hydrogen) atoms. The molecule has 4 nitrogen and oxygen atoms in total. The maximum Gasteiger partial charge on any atom is 0.0986 e. The highest BCUT2D eigenvalue weighted by atomic mass is 32.1. The standard InChI is InChI=1S/C15H26N2O2S/c1-5-19-13-9-11(15(13)18-4)16-10-12(17(2)3)14-7-6-8-20-14/h6-8,11-13,15-16H,5,9-10H2,1-4H3. The van der Waals surface area contributed by atoms with Gasteiger partial charge in [-0.25, -0.2) is 0 Å². The number of methoxy groups -OCH3 is 1. The van der Waals surface area contributed by atoms with Crippen molar-refractivity contribution in [2.75, 3.05) is 34.4 Å². The minimum Gasteiger partial charge on any atom is -0.377 e. The van der Waals surface area contributed by atoms with Gasteiger partial charge >= 0.3 is 0 Å². The first kappa shape index (κ1) is 15.9. The van der Waals surface area contributed by atoms with Crippen LogP contribution in [0, 0.1) is 0 Å². The van der Waals surface area contributed by atoms with Gasteiger partial charge in [0.2, 0.25) is 0 Å². The van der Waals surface area contributed by atoms with Crippen molar-refractivity contribution in [3.8, 4) is 0 Å². The average Bonchev–Trinajstić information content (AvgIpc) is 2.90. The highest BCUT2D eigenvalue weighted by Crippen LogP contribution is 2.28.